The Labute approximate surface area is 129 Å². The van der Waals surface area contributed by atoms with Crippen molar-refractivity contribution < 1.29 is 14.3 Å². The lowest BCUT2D eigenvalue weighted by atomic mass is 10.2. The van der Waals surface area contributed by atoms with Crippen LogP contribution in [-0.4, -0.2) is 26.7 Å². The van der Waals surface area contributed by atoms with Crippen LogP contribution in [0.1, 0.15) is 12.5 Å². The molecule has 1 amide bonds. The van der Waals surface area contributed by atoms with Gasteiger partial charge in [-0.3, -0.25) is 9.59 Å². The van der Waals surface area contributed by atoms with Gasteiger partial charge in [0.2, 0.25) is 11.8 Å². The number of carbonyl (C=O) groups is 1. The first-order valence-corrected chi connectivity index (χ1v) is 7.48. The summed E-state index contributed by atoms with van der Waals surface area (Å²) < 4.78 is 13.0. The number of aromatic nitrogens is 2. The second kappa shape index (κ2) is 7.08. The van der Waals surface area contributed by atoms with E-state index in [9.17, 15) is 19.1 Å². The number of H-pyrrole nitrogens is 1. The van der Waals surface area contributed by atoms with E-state index < -0.39 is 11.4 Å². The Hall–Kier alpha value is -2.35. The van der Waals surface area contributed by atoms with Gasteiger partial charge in [0.15, 0.2) is 5.16 Å². The summed E-state index contributed by atoms with van der Waals surface area (Å²) in [5.74, 6) is -1.20. The van der Waals surface area contributed by atoms with Gasteiger partial charge in [-0.15, -0.1) is 0 Å². The second-order valence-electron chi connectivity index (χ2n) is 4.37. The van der Waals surface area contributed by atoms with E-state index in [2.05, 4.69) is 15.3 Å². The molecular weight excluding hydrogens is 309 g/mol. The zero-order valence-electron chi connectivity index (χ0n) is 11.7. The van der Waals surface area contributed by atoms with Crippen LogP contribution in [0.15, 0.2) is 34.2 Å². The number of carbonyl (C=O) groups excluding carboxylic acids is 1. The SMILES string of the molecule is CCc1c(O)nc(SCC(=O)Nc2cccc(F)c2)[nH]c1=O. The van der Waals surface area contributed by atoms with E-state index in [1.54, 1.807) is 13.0 Å². The van der Waals surface area contributed by atoms with Crippen LogP contribution in [0.25, 0.3) is 0 Å². The molecule has 6 nitrogen and oxygen atoms in total. The first kappa shape index (κ1) is 16.0. The number of thioether (sulfide) groups is 1. The van der Waals surface area contributed by atoms with Crippen LogP contribution in [0.5, 0.6) is 5.88 Å². The van der Waals surface area contributed by atoms with Crippen molar-refractivity contribution in [2.75, 3.05) is 11.1 Å². The van der Waals surface area contributed by atoms with Gasteiger partial charge in [-0.25, -0.2) is 4.39 Å². The van der Waals surface area contributed by atoms with Crippen LogP contribution < -0.4 is 10.9 Å². The zero-order chi connectivity index (χ0) is 16.1. The summed E-state index contributed by atoms with van der Waals surface area (Å²) in [7, 11) is 0. The van der Waals surface area contributed by atoms with E-state index in [-0.39, 0.29) is 28.3 Å². The molecule has 0 bridgehead atoms. The highest BCUT2D eigenvalue weighted by Crippen LogP contribution is 2.17. The number of anilines is 1. The predicted molar refractivity (Wildman–Crippen MR) is 81.7 cm³/mol. The molecule has 116 valence electrons. The largest absolute Gasteiger partial charge is 0.493 e. The molecule has 0 aliphatic heterocycles. The molecule has 2 aromatic rings. The predicted octanol–water partition coefficient (Wildman–Crippen LogP) is 1.91. The molecule has 0 radical (unpaired) electrons. The third kappa shape index (κ3) is 4.08. The molecule has 3 N–H and O–H groups in total. The number of hydrogen-bond donors (Lipinski definition) is 3. The van der Waals surface area contributed by atoms with Crippen LogP contribution in [0.4, 0.5) is 10.1 Å². The molecule has 22 heavy (non-hydrogen) atoms. The monoisotopic (exact) mass is 323 g/mol. The van der Waals surface area contributed by atoms with Gasteiger partial charge in [0, 0.05) is 5.69 Å². The number of amides is 1. The zero-order valence-corrected chi connectivity index (χ0v) is 12.5. The molecule has 1 heterocycles. The first-order valence-electron chi connectivity index (χ1n) is 6.50. The van der Waals surface area contributed by atoms with Gasteiger partial charge < -0.3 is 15.4 Å². The van der Waals surface area contributed by atoms with Crippen molar-refractivity contribution in [3.8, 4) is 5.88 Å². The number of halogens is 1. The minimum atomic E-state index is -0.448. The summed E-state index contributed by atoms with van der Waals surface area (Å²) in [6.07, 6.45) is 0.360. The highest BCUT2D eigenvalue weighted by Gasteiger charge is 2.11. The van der Waals surface area contributed by atoms with Crippen molar-refractivity contribution in [2.45, 2.75) is 18.5 Å². The molecule has 0 unspecified atom stereocenters. The van der Waals surface area contributed by atoms with Gasteiger partial charge in [0.05, 0.1) is 11.3 Å². The minimum absolute atomic E-state index is 0.0373. The average Bonchev–Trinajstić information content (AvgIpc) is 2.45. The fourth-order valence-corrected chi connectivity index (χ4v) is 2.41. The molecule has 8 heteroatoms. The minimum Gasteiger partial charge on any atom is -0.493 e. The topological polar surface area (TPSA) is 95.1 Å². The molecule has 0 atom stereocenters. The molecule has 0 saturated carbocycles. The maximum absolute atomic E-state index is 13.0. The van der Waals surface area contributed by atoms with E-state index in [0.29, 0.717) is 12.1 Å². The van der Waals surface area contributed by atoms with Crippen molar-refractivity contribution in [3.05, 3.63) is 46.0 Å². The highest BCUT2D eigenvalue weighted by molar-refractivity contribution is 7.99. The Kier molecular flexibility index (Phi) is 5.16. The van der Waals surface area contributed by atoms with Crippen molar-refractivity contribution in [1.82, 2.24) is 9.97 Å². The number of nitrogens with zero attached hydrogens (tertiary/aromatic N) is 1. The van der Waals surface area contributed by atoms with Crippen molar-refractivity contribution in [2.24, 2.45) is 0 Å². The number of rotatable bonds is 5. The van der Waals surface area contributed by atoms with E-state index in [1.165, 1.54) is 18.2 Å². The maximum Gasteiger partial charge on any atom is 0.258 e. The smallest absolute Gasteiger partial charge is 0.258 e. The standard InChI is InChI=1S/C14H14FN3O3S/c1-2-10-12(20)17-14(18-13(10)21)22-7-11(19)16-9-5-3-4-8(15)6-9/h3-6H,2,7H2,1H3,(H,16,19)(H2,17,18,20,21). The number of aromatic hydroxyl groups is 1. The molecule has 0 aliphatic rings. The lowest BCUT2D eigenvalue weighted by Crippen LogP contribution is -2.17. The van der Waals surface area contributed by atoms with Gasteiger partial charge in [0.25, 0.3) is 5.56 Å². The third-order valence-corrected chi connectivity index (χ3v) is 3.65. The molecule has 1 aromatic heterocycles. The number of hydrogen-bond acceptors (Lipinski definition) is 5. The van der Waals surface area contributed by atoms with Crippen molar-refractivity contribution in [3.63, 3.8) is 0 Å². The van der Waals surface area contributed by atoms with Crippen LogP contribution in [0.2, 0.25) is 0 Å². The molecule has 0 spiro atoms. The van der Waals surface area contributed by atoms with Gasteiger partial charge in [0.1, 0.15) is 5.82 Å². The normalized spacial score (nSPS) is 10.5. The fourth-order valence-electron chi connectivity index (χ4n) is 1.75. The van der Waals surface area contributed by atoms with E-state index in [4.69, 9.17) is 0 Å². The average molecular weight is 323 g/mol. The summed E-state index contributed by atoms with van der Waals surface area (Å²) in [6, 6.07) is 5.52. The Balaban J connectivity index is 1.98. The number of nitrogens with one attached hydrogen (secondary N) is 2. The maximum atomic E-state index is 13.0. The van der Waals surface area contributed by atoms with E-state index in [0.717, 1.165) is 11.8 Å². The Morgan fingerprint density at radius 1 is 1.50 bits per heavy atom. The number of benzene rings is 1. The van der Waals surface area contributed by atoms with Gasteiger partial charge in [-0.1, -0.05) is 24.8 Å². The van der Waals surface area contributed by atoms with Crippen LogP contribution in [-0.2, 0) is 11.2 Å². The van der Waals surface area contributed by atoms with Gasteiger partial charge in [-0.05, 0) is 24.6 Å². The summed E-state index contributed by atoms with van der Waals surface area (Å²) in [4.78, 5) is 29.7. The Bertz CT molecular complexity index is 748. The Morgan fingerprint density at radius 3 is 2.91 bits per heavy atom. The summed E-state index contributed by atoms with van der Waals surface area (Å²) in [5.41, 5.74) is 0.118. The Morgan fingerprint density at radius 2 is 2.27 bits per heavy atom. The van der Waals surface area contributed by atoms with Crippen LogP contribution in [0, 0.1) is 5.82 Å². The van der Waals surface area contributed by atoms with Crippen LogP contribution in [0.3, 0.4) is 0 Å². The third-order valence-electron chi connectivity index (χ3n) is 2.77. The lowest BCUT2D eigenvalue weighted by molar-refractivity contribution is -0.113. The molecule has 0 aliphatic carbocycles. The molecule has 1 aromatic carbocycles. The second-order valence-corrected chi connectivity index (χ2v) is 5.34. The van der Waals surface area contributed by atoms with Crippen molar-refractivity contribution in [1.29, 1.82) is 0 Å². The summed E-state index contributed by atoms with van der Waals surface area (Å²) in [6.45, 7) is 1.73. The highest BCUT2D eigenvalue weighted by atomic mass is 32.2. The molecule has 0 fully saturated rings. The molecule has 0 saturated heterocycles. The van der Waals surface area contributed by atoms with Crippen molar-refractivity contribution >= 4 is 23.4 Å². The van der Waals surface area contributed by atoms with E-state index >= 15 is 0 Å². The van der Waals surface area contributed by atoms with E-state index in [1.807, 2.05) is 0 Å². The summed E-state index contributed by atoms with van der Waals surface area (Å²) >= 11 is 0.967. The van der Waals surface area contributed by atoms with Gasteiger partial charge >= 0.3 is 0 Å². The molecular formula is C14H14FN3O3S. The quantitative estimate of drug-likeness (QED) is 0.577. The molecule has 2 rings (SSSR count). The summed E-state index contributed by atoms with van der Waals surface area (Å²) in [5, 5.41) is 12.3. The number of aromatic amines is 1. The van der Waals surface area contributed by atoms with Gasteiger partial charge in [-0.2, -0.15) is 4.98 Å². The fraction of sp³-hybridized carbons (Fsp3) is 0.214. The first-order chi connectivity index (χ1) is 10.5. The lowest BCUT2D eigenvalue weighted by Gasteiger charge is -2.06. The van der Waals surface area contributed by atoms with Crippen LogP contribution >= 0.6 is 11.8 Å².